The molecule has 0 unspecified atom stereocenters. The highest BCUT2D eigenvalue weighted by atomic mass is 19.1. The Labute approximate surface area is 124 Å². The molecule has 0 amide bonds. The van der Waals surface area contributed by atoms with Crippen molar-refractivity contribution in [3.63, 3.8) is 0 Å². The molecule has 0 radical (unpaired) electrons. The number of nitrogens with zero attached hydrogens (tertiary/aromatic N) is 1. The van der Waals surface area contributed by atoms with Crippen molar-refractivity contribution in [3.05, 3.63) is 29.3 Å². The van der Waals surface area contributed by atoms with Crippen LogP contribution >= 0.6 is 0 Å². The van der Waals surface area contributed by atoms with E-state index in [2.05, 4.69) is 5.32 Å². The number of aliphatic hydroxyl groups is 1. The Hall–Kier alpha value is -1.24. The fourth-order valence-corrected chi connectivity index (χ4v) is 2.12. The van der Waals surface area contributed by atoms with Crippen molar-refractivity contribution >= 4 is 5.69 Å². The number of ether oxygens (including phenoxy) is 1. The zero-order valence-electron chi connectivity index (χ0n) is 12.7. The number of hydrogen-bond acceptors (Lipinski definition) is 4. The summed E-state index contributed by atoms with van der Waals surface area (Å²) in [5.74, 6) is -1.14. The van der Waals surface area contributed by atoms with Gasteiger partial charge in [0.05, 0.1) is 6.61 Å². The molecule has 0 bridgehead atoms. The number of hydrogen-bond donors (Lipinski definition) is 2. The predicted octanol–water partition coefficient (Wildman–Crippen LogP) is 1.91. The van der Waals surface area contributed by atoms with Crippen molar-refractivity contribution in [1.82, 2.24) is 5.32 Å². The molecular weight excluding hydrogens is 278 g/mol. The van der Waals surface area contributed by atoms with E-state index in [1.165, 1.54) is 12.1 Å². The molecule has 0 spiro atoms. The Morgan fingerprint density at radius 2 is 1.95 bits per heavy atom. The van der Waals surface area contributed by atoms with Gasteiger partial charge in [0.2, 0.25) is 0 Å². The molecule has 0 aliphatic heterocycles. The summed E-state index contributed by atoms with van der Waals surface area (Å²) in [5, 5.41) is 11.9. The molecule has 0 fully saturated rings. The Bertz CT molecular complexity index is 407. The van der Waals surface area contributed by atoms with E-state index in [1.54, 1.807) is 12.0 Å². The maximum absolute atomic E-state index is 14.2. The second-order valence-electron chi connectivity index (χ2n) is 4.73. The number of nitrogens with one attached hydrogen (secondary N) is 1. The third kappa shape index (κ3) is 5.57. The van der Waals surface area contributed by atoms with E-state index in [0.29, 0.717) is 44.8 Å². The Kier molecular flexibility index (Phi) is 8.19. The minimum Gasteiger partial charge on any atom is -0.396 e. The first-order valence-electron chi connectivity index (χ1n) is 7.17. The van der Waals surface area contributed by atoms with Crippen molar-refractivity contribution in [1.29, 1.82) is 0 Å². The van der Waals surface area contributed by atoms with Gasteiger partial charge in [-0.3, -0.25) is 0 Å². The minimum atomic E-state index is -0.571. The Morgan fingerprint density at radius 1 is 1.29 bits per heavy atom. The van der Waals surface area contributed by atoms with Crippen LogP contribution in [0.15, 0.2) is 12.1 Å². The summed E-state index contributed by atoms with van der Waals surface area (Å²) in [4.78, 5) is 1.60. The van der Waals surface area contributed by atoms with Crippen LogP contribution in [0.3, 0.4) is 0 Å². The van der Waals surface area contributed by atoms with Crippen LogP contribution in [0.2, 0.25) is 0 Å². The molecular formula is C15H24F2N2O2. The molecule has 0 aromatic heterocycles. The highest BCUT2D eigenvalue weighted by Crippen LogP contribution is 2.25. The topological polar surface area (TPSA) is 44.7 Å². The largest absolute Gasteiger partial charge is 0.396 e. The van der Waals surface area contributed by atoms with Gasteiger partial charge in [-0.05, 0) is 31.0 Å². The smallest absolute Gasteiger partial charge is 0.149 e. The van der Waals surface area contributed by atoms with Gasteiger partial charge in [-0.15, -0.1) is 0 Å². The average Bonchev–Trinajstić information content (AvgIpc) is 2.46. The molecule has 21 heavy (non-hydrogen) atoms. The summed E-state index contributed by atoms with van der Waals surface area (Å²) in [7, 11) is 1.60. The van der Waals surface area contributed by atoms with Crippen LogP contribution in [0, 0.1) is 11.6 Å². The average molecular weight is 302 g/mol. The molecule has 2 N–H and O–H groups in total. The van der Waals surface area contributed by atoms with Crippen molar-refractivity contribution in [2.75, 3.05) is 44.9 Å². The van der Waals surface area contributed by atoms with E-state index in [4.69, 9.17) is 9.84 Å². The van der Waals surface area contributed by atoms with Crippen LogP contribution in [-0.2, 0) is 11.3 Å². The molecule has 6 heteroatoms. The Morgan fingerprint density at radius 3 is 2.48 bits per heavy atom. The monoisotopic (exact) mass is 302 g/mol. The lowest BCUT2D eigenvalue weighted by Crippen LogP contribution is -2.27. The summed E-state index contributed by atoms with van der Waals surface area (Å²) in [6, 6.07) is 2.69. The highest BCUT2D eigenvalue weighted by Gasteiger charge is 2.16. The number of anilines is 1. The molecule has 0 saturated heterocycles. The second kappa shape index (κ2) is 9.65. The standard InChI is InChI=1S/C15H24F2N2O2/c1-3-19(6-4-7-20)15-13(16)9-12(10-14(15)17)11-18-5-8-21-2/h9-10,18,20H,3-8,11H2,1-2H3. The lowest BCUT2D eigenvalue weighted by molar-refractivity contribution is 0.199. The van der Waals surface area contributed by atoms with Gasteiger partial charge in [-0.1, -0.05) is 0 Å². The number of rotatable bonds is 10. The molecule has 1 rings (SSSR count). The summed E-state index contributed by atoms with van der Waals surface area (Å²) in [5.41, 5.74) is 0.537. The van der Waals surface area contributed by atoms with Gasteiger partial charge in [0.25, 0.3) is 0 Å². The zero-order valence-corrected chi connectivity index (χ0v) is 12.7. The third-order valence-corrected chi connectivity index (χ3v) is 3.17. The van der Waals surface area contributed by atoms with Crippen molar-refractivity contribution in [3.8, 4) is 0 Å². The van der Waals surface area contributed by atoms with Crippen molar-refractivity contribution in [2.45, 2.75) is 19.9 Å². The minimum absolute atomic E-state index is 0.00123. The second-order valence-corrected chi connectivity index (χ2v) is 4.73. The molecule has 120 valence electrons. The number of halogens is 2. The number of methoxy groups -OCH3 is 1. The van der Waals surface area contributed by atoms with E-state index >= 15 is 0 Å². The van der Waals surface area contributed by atoms with Crippen LogP contribution in [0.5, 0.6) is 0 Å². The molecule has 1 aromatic rings. The van der Waals surface area contributed by atoms with Gasteiger partial charge in [-0.2, -0.15) is 0 Å². The van der Waals surface area contributed by atoms with E-state index in [0.717, 1.165) is 0 Å². The van der Waals surface area contributed by atoms with Gasteiger partial charge in [-0.25, -0.2) is 8.78 Å². The van der Waals surface area contributed by atoms with Gasteiger partial charge < -0.3 is 20.1 Å². The van der Waals surface area contributed by atoms with Gasteiger partial charge in [0, 0.05) is 39.9 Å². The molecule has 0 heterocycles. The molecule has 0 saturated carbocycles. The van der Waals surface area contributed by atoms with Crippen LogP contribution in [0.25, 0.3) is 0 Å². The van der Waals surface area contributed by atoms with E-state index in [-0.39, 0.29) is 12.3 Å². The zero-order chi connectivity index (χ0) is 15.7. The Balaban J connectivity index is 2.78. The first-order valence-corrected chi connectivity index (χ1v) is 7.17. The first kappa shape index (κ1) is 17.8. The van der Waals surface area contributed by atoms with Crippen molar-refractivity contribution < 1.29 is 18.6 Å². The van der Waals surface area contributed by atoms with Crippen molar-refractivity contribution in [2.24, 2.45) is 0 Å². The van der Waals surface area contributed by atoms with E-state index in [9.17, 15) is 8.78 Å². The summed E-state index contributed by atoms with van der Waals surface area (Å²) >= 11 is 0. The molecule has 0 aliphatic carbocycles. The lowest BCUT2D eigenvalue weighted by atomic mass is 10.1. The number of benzene rings is 1. The van der Waals surface area contributed by atoms with Crippen LogP contribution in [-0.4, -0.2) is 45.1 Å². The maximum Gasteiger partial charge on any atom is 0.149 e. The van der Waals surface area contributed by atoms with E-state index in [1.807, 2.05) is 6.92 Å². The summed E-state index contributed by atoms with van der Waals surface area (Å²) in [6.07, 6.45) is 0.479. The first-order chi connectivity index (χ1) is 10.1. The quantitative estimate of drug-likeness (QED) is 0.648. The summed E-state index contributed by atoms with van der Waals surface area (Å²) in [6.45, 7) is 4.30. The predicted molar refractivity (Wildman–Crippen MR) is 79.5 cm³/mol. The molecule has 0 atom stereocenters. The van der Waals surface area contributed by atoms with Gasteiger partial charge in [0.15, 0.2) is 0 Å². The van der Waals surface area contributed by atoms with Crippen LogP contribution < -0.4 is 10.2 Å². The SMILES string of the molecule is CCN(CCCO)c1c(F)cc(CNCCOC)cc1F. The van der Waals surface area contributed by atoms with Gasteiger partial charge in [0.1, 0.15) is 17.3 Å². The maximum atomic E-state index is 14.2. The summed E-state index contributed by atoms with van der Waals surface area (Å²) < 4.78 is 33.2. The fraction of sp³-hybridized carbons (Fsp3) is 0.600. The highest BCUT2D eigenvalue weighted by molar-refractivity contribution is 5.50. The molecule has 0 aliphatic rings. The normalized spacial score (nSPS) is 10.9. The molecule has 4 nitrogen and oxygen atoms in total. The van der Waals surface area contributed by atoms with Crippen LogP contribution in [0.4, 0.5) is 14.5 Å². The number of aliphatic hydroxyl groups excluding tert-OH is 1. The molecule has 1 aromatic carbocycles. The van der Waals surface area contributed by atoms with Crippen LogP contribution in [0.1, 0.15) is 18.9 Å². The van der Waals surface area contributed by atoms with E-state index < -0.39 is 11.6 Å². The third-order valence-electron chi connectivity index (χ3n) is 3.17. The lowest BCUT2D eigenvalue weighted by Gasteiger charge is -2.24. The fourth-order valence-electron chi connectivity index (χ4n) is 2.12. The van der Waals surface area contributed by atoms with Gasteiger partial charge >= 0.3 is 0 Å².